The second-order valence-electron chi connectivity index (χ2n) is 5.60. The molecule has 0 heterocycles. The number of carboxylic acids is 1. The first-order chi connectivity index (χ1) is 6.07. The molecule has 0 aliphatic rings. The highest BCUT2D eigenvalue weighted by Crippen LogP contribution is 2.21. The number of likely N-dealkylation sites (N-methyl/N-ethyl adjacent to an activating group) is 1. The van der Waals surface area contributed by atoms with E-state index in [-0.39, 0.29) is 5.41 Å². The van der Waals surface area contributed by atoms with Gasteiger partial charge in [-0.15, -0.1) is 0 Å². The summed E-state index contributed by atoms with van der Waals surface area (Å²) in [6, 6.07) is 0. The summed E-state index contributed by atoms with van der Waals surface area (Å²) in [6.45, 7) is 10.8. The summed E-state index contributed by atoms with van der Waals surface area (Å²) in [5.74, 6) is -0.770. The van der Waals surface area contributed by atoms with Crippen molar-refractivity contribution in [3.05, 3.63) is 0 Å². The Morgan fingerprint density at radius 2 is 1.64 bits per heavy atom. The van der Waals surface area contributed by atoms with E-state index in [1.807, 2.05) is 11.9 Å². The van der Waals surface area contributed by atoms with Gasteiger partial charge in [0.1, 0.15) is 5.54 Å². The number of rotatable bonds is 4. The molecule has 0 saturated heterocycles. The first kappa shape index (κ1) is 13.4. The van der Waals surface area contributed by atoms with Gasteiger partial charge in [-0.2, -0.15) is 0 Å². The van der Waals surface area contributed by atoms with Crippen molar-refractivity contribution in [3.8, 4) is 0 Å². The van der Waals surface area contributed by atoms with Crippen molar-refractivity contribution in [2.75, 3.05) is 13.6 Å². The number of hydrogen-bond donors (Lipinski definition) is 1. The Balaban J connectivity index is 4.22. The second-order valence-corrected chi connectivity index (χ2v) is 5.60. The summed E-state index contributed by atoms with van der Waals surface area (Å²) in [5, 5.41) is 9.00. The Morgan fingerprint density at radius 1 is 1.21 bits per heavy atom. The molecule has 0 rings (SSSR count). The minimum absolute atomic E-state index is 0.253. The van der Waals surface area contributed by atoms with Gasteiger partial charge in [0.05, 0.1) is 0 Å². The number of aliphatic carboxylic acids is 1. The lowest BCUT2D eigenvalue weighted by Gasteiger charge is -2.33. The topological polar surface area (TPSA) is 40.5 Å². The Hall–Kier alpha value is -0.570. The first-order valence-corrected chi connectivity index (χ1v) is 5.02. The van der Waals surface area contributed by atoms with Gasteiger partial charge in [-0.25, -0.2) is 0 Å². The van der Waals surface area contributed by atoms with Crippen LogP contribution in [0.2, 0.25) is 0 Å². The zero-order chi connectivity index (χ0) is 11.6. The molecule has 0 saturated carbocycles. The first-order valence-electron chi connectivity index (χ1n) is 5.02. The van der Waals surface area contributed by atoms with Gasteiger partial charge in [0.2, 0.25) is 0 Å². The van der Waals surface area contributed by atoms with Gasteiger partial charge in [0.25, 0.3) is 0 Å². The van der Waals surface area contributed by atoms with Crippen LogP contribution in [0.4, 0.5) is 0 Å². The zero-order valence-corrected chi connectivity index (χ0v) is 10.2. The lowest BCUT2D eigenvalue weighted by atomic mass is 9.91. The Kier molecular flexibility index (Phi) is 4.13. The normalized spacial score (nSPS) is 13.4. The maximum absolute atomic E-state index is 10.9. The van der Waals surface area contributed by atoms with Gasteiger partial charge < -0.3 is 5.11 Å². The molecule has 0 aliphatic carbocycles. The van der Waals surface area contributed by atoms with Gasteiger partial charge in [-0.05, 0) is 39.3 Å². The van der Waals surface area contributed by atoms with Crippen LogP contribution in [0.3, 0.4) is 0 Å². The summed E-state index contributed by atoms with van der Waals surface area (Å²) < 4.78 is 0. The number of nitrogens with zero attached hydrogens (tertiary/aromatic N) is 1. The maximum Gasteiger partial charge on any atom is 0.323 e. The predicted molar refractivity (Wildman–Crippen MR) is 58.4 cm³/mol. The quantitative estimate of drug-likeness (QED) is 0.758. The molecule has 14 heavy (non-hydrogen) atoms. The van der Waals surface area contributed by atoms with Crippen molar-refractivity contribution in [1.82, 2.24) is 4.90 Å². The van der Waals surface area contributed by atoms with Gasteiger partial charge in [-0.3, -0.25) is 9.69 Å². The van der Waals surface area contributed by atoms with Crippen LogP contribution >= 0.6 is 0 Å². The third-order valence-electron chi connectivity index (χ3n) is 2.67. The van der Waals surface area contributed by atoms with Crippen molar-refractivity contribution in [3.63, 3.8) is 0 Å². The van der Waals surface area contributed by atoms with E-state index >= 15 is 0 Å². The molecule has 0 aromatic rings. The zero-order valence-electron chi connectivity index (χ0n) is 10.2. The summed E-state index contributed by atoms with van der Waals surface area (Å²) in [7, 11) is 1.86. The van der Waals surface area contributed by atoms with E-state index in [9.17, 15) is 4.79 Å². The van der Waals surface area contributed by atoms with E-state index in [0.717, 1.165) is 13.0 Å². The van der Waals surface area contributed by atoms with E-state index in [0.29, 0.717) is 0 Å². The van der Waals surface area contributed by atoms with Crippen LogP contribution in [0.15, 0.2) is 0 Å². The number of carboxylic acid groups (broad SMARTS) is 1. The lowest BCUT2D eigenvalue weighted by Crippen LogP contribution is -2.48. The van der Waals surface area contributed by atoms with Crippen LogP contribution in [0.1, 0.15) is 41.0 Å². The molecular weight excluding hydrogens is 178 g/mol. The highest BCUT2D eigenvalue weighted by atomic mass is 16.4. The van der Waals surface area contributed by atoms with Crippen LogP contribution in [-0.4, -0.2) is 35.1 Å². The van der Waals surface area contributed by atoms with E-state index in [2.05, 4.69) is 20.8 Å². The van der Waals surface area contributed by atoms with Crippen molar-refractivity contribution in [1.29, 1.82) is 0 Å². The van der Waals surface area contributed by atoms with Crippen molar-refractivity contribution in [2.24, 2.45) is 5.41 Å². The molecule has 3 heteroatoms. The molecule has 0 spiro atoms. The van der Waals surface area contributed by atoms with E-state index in [1.165, 1.54) is 0 Å². The highest BCUT2D eigenvalue weighted by Gasteiger charge is 2.32. The average Bonchev–Trinajstić information content (AvgIpc) is 1.98. The van der Waals surface area contributed by atoms with Gasteiger partial charge in [0.15, 0.2) is 0 Å². The molecule has 0 aliphatic heterocycles. The average molecular weight is 201 g/mol. The third kappa shape index (κ3) is 4.09. The van der Waals surface area contributed by atoms with E-state index in [4.69, 9.17) is 5.11 Å². The Bertz CT molecular complexity index is 204. The maximum atomic E-state index is 10.9. The van der Waals surface area contributed by atoms with Crippen molar-refractivity contribution in [2.45, 2.75) is 46.6 Å². The fraction of sp³-hybridized carbons (Fsp3) is 0.909. The molecular formula is C11H23NO2. The standard InChI is InChI=1S/C11H23NO2/c1-10(2,3)7-8-12(6)11(4,5)9(13)14/h7-8H2,1-6H3,(H,13,14). The molecule has 3 nitrogen and oxygen atoms in total. The van der Waals surface area contributed by atoms with Crippen LogP contribution in [0.5, 0.6) is 0 Å². The molecule has 0 bridgehead atoms. The summed E-state index contributed by atoms with van der Waals surface area (Å²) in [4.78, 5) is 12.8. The summed E-state index contributed by atoms with van der Waals surface area (Å²) in [6.07, 6.45) is 1.00. The lowest BCUT2D eigenvalue weighted by molar-refractivity contribution is -0.148. The minimum atomic E-state index is -0.773. The number of hydrogen-bond acceptors (Lipinski definition) is 2. The largest absolute Gasteiger partial charge is 0.480 e. The molecule has 0 aromatic heterocycles. The molecule has 0 fully saturated rings. The number of carbonyl (C=O) groups is 1. The van der Waals surface area contributed by atoms with Crippen molar-refractivity contribution >= 4 is 5.97 Å². The molecule has 0 radical (unpaired) electrons. The monoisotopic (exact) mass is 201 g/mol. The summed E-state index contributed by atoms with van der Waals surface area (Å²) in [5.41, 5.74) is -0.520. The molecule has 0 atom stereocenters. The van der Waals surface area contributed by atoms with Crippen molar-refractivity contribution < 1.29 is 9.90 Å². The fourth-order valence-corrected chi connectivity index (χ4v) is 0.946. The smallest absolute Gasteiger partial charge is 0.323 e. The Labute approximate surface area is 87.1 Å². The molecule has 0 amide bonds. The summed E-state index contributed by atoms with van der Waals surface area (Å²) >= 11 is 0. The van der Waals surface area contributed by atoms with Gasteiger partial charge in [-0.1, -0.05) is 20.8 Å². The SMILES string of the molecule is CN(CCC(C)(C)C)C(C)(C)C(=O)O. The second kappa shape index (κ2) is 4.30. The molecule has 84 valence electrons. The van der Waals surface area contributed by atoms with Gasteiger partial charge >= 0.3 is 5.97 Å². The fourth-order valence-electron chi connectivity index (χ4n) is 0.946. The van der Waals surface area contributed by atoms with Gasteiger partial charge in [0, 0.05) is 0 Å². The molecule has 0 aromatic carbocycles. The minimum Gasteiger partial charge on any atom is -0.480 e. The predicted octanol–water partition coefficient (Wildman–Crippen LogP) is 2.22. The van der Waals surface area contributed by atoms with E-state index < -0.39 is 11.5 Å². The molecule has 0 unspecified atom stereocenters. The Morgan fingerprint density at radius 3 is 1.93 bits per heavy atom. The van der Waals surface area contributed by atoms with Crippen LogP contribution in [0.25, 0.3) is 0 Å². The van der Waals surface area contributed by atoms with E-state index in [1.54, 1.807) is 13.8 Å². The third-order valence-corrected chi connectivity index (χ3v) is 2.67. The van der Waals surface area contributed by atoms with Crippen LogP contribution in [-0.2, 0) is 4.79 Å². The molecule has 1 N–H and O–H groups in total. The van der Waals surface area contributed by atoms with Crippen LogP contribution < -0.4 is 0 Å². The highest BCUT2D eigenvalue weighted by molar-refractivity contribution is 5.77. The van der Waals surface area contributed by atoms with Crippen LogP contribution in [0, 0.1) is 5.41 Å².